The molecule has 0 fully saturated rings. The number of amides is 2. The summed E-state index contributed by atoms with van der Waals surface area (Å²) in [5, 5.41) is 5.30. The Morgan fingerprint density at radius 3 is 2.51 bits per heavy atom. The minimum absolute atomic E-state index is 0.00260. The molecule has 2 N–H and O–H groups in total. The molecular weight excluding hydrogens is 649 g/mol. The van der Waals surface area contributed by atoms with Crippen LogP contribution in [-0.2, 0) is 34.5 Å². The summed E-state index contributed by atoms with van der Waals surface area (Å²) in [5.41, 5.74) is -2.46. The summed E-state index contributed by atoms with van der Waals surface area (Å²) < 4.78 is 58.6. The highest BCUT2D eigenvalue weighted by molar-refractivity contribution is 6.36. The molecule has 0 aliphatic heterocycles. The number of rotatable bonds is 10. The van der Waals surface area contributed by atoms with Crippen LogP contribution in [0.1, 0.15) is 26.3 Å². The number of hydrogen-bond acceptors (Lipinski definition) is 10. The van der Waals surface area contributed by atoms with Crippen molar-refractivity contribution in [3.63, 3.8) is 0 Å². The number of halogens is 4. The maximum Gasteiger partial charge on any atom is 0.417 e. The second-order valence-corrected chi connectivity index (χ2v) is 11.6. The van der Waals surface area contributed by atoms with Crippen LogP contribution in [-0.4, -0.2) is 73.4 Å². The first-order valence-corrected chi connectivity index (χ1v) is 14.3. The largest absolute Gasteiger partial charge is 0.454 e. The summed E-state index contributed by atoms with van der Waals surface area (Å²) in [4.78, 5) is 51.8. The Hall–Kier alpha value is -4.90. The number of carbonyl (C=O) groups excluding carboxylic acids is 2. The number of alkyl halides is 3. The molecule has 4 heterocycles. The molecule has 0 atom stereocenters. The summed E-state index contributed by atoms with van der Waals surface area (Å²) in [5.74, 6) is -0.133. The van der Waals surface area contributed by atoms with Crippen molar-refractivity contribution in [2.24, 2.45) is 14.1 Å². The molecule has 0 spiro atoms. The van der Waals surface area contributed by atoms with Gasteiger partial charge in [0.05, 0.1) is 18.4 Å². The Morgan fingerprint density at radius 2 is 1.85 bits per heavy atom. The van der Waals surface area contributed by atoms with E-state index in [-0.39, 0.29) is 64.8 Å². The van der Waals surface area contributed by atoms with E-state index in [0.717, 1.165) is 4.57 Å². The number of hydrogen-bond donors (Lipinski definition) is 2. The van der Waals surface area contributed by atoms with Gasteiger partial charge in [-0.2, -0.15) is 18.2 Å². The second kappa shape index (κ2) is 13.8. The van der Waals surface area contributed by atoms with Crippen LogP contribution in [0, 0.1) is 0 Å². The molecule has 252 valence electrons. The monoisotopic (exact) mass is 680 g/mol. The molecule has 4 aromatic heterocycles. The fourth-order valence-corrected chi connectivity index (χ4v) is 4.46. The van der Waals surface area contributed by atoms with Crippen molar-refractivity contribution >= 4 is 52.2 Å². The van der Waals surface area contributed by atoms with Crippen molar-refractivity contribution in [3.05, 3.63) is 57.7 Å². The van der Waals surface area contributed by atoms with Crippen molar-refractivity contribution in [2.45, 2.75) is 32.5 Å². The SMILES string of the molecule is COCCN(CC(=O)Nc1cc(Oc2cnc3nc(Nc4cc(C(F)(F)F)cn(C)c4=O)n(C)c3c2Cl)ccn1)C(=O)OC(C)(C)C. The standard InChI is InChI=1S/C29H32ClF3N8O6/c1-28(2,3)47-27(44)41(9-10-45-6)15-21(42)37-20-12-17(7-8-34-20)46-19-13-35-24-23(22(19)30)40(5)26(38-24)36-18-11-16(29(31,32)33)14-39(4)25(18)43/h7-8,11-14H,9-10,15H2,1-6H3,(H,34,37,42)(H,35,36,38). The van der Waals surface area contributed by atoms with E-state index in [0.29, 0.717) is 12.3 Å². The fourth-order valence-electron chi connectivity index (χ4n) is 4.16. The molecule has 0 aliphatic rings. The van der Waals surface area contributed by atoms with Gasteiger partial charge in [-0.1, -0.05) is 11.6 Å². The highest BCUT2D eigenvalue weighted by Crippen LogP contribution is 2.36. The maximum absolute atomic E-state index is 13.3. The van der Waals surface area contributed by atoms with Crippen LogP contribution in [0.25, 0.3) is 11.2 Å². The number of ether oxygens (including phenoxy) is 3. The smallest absolute Gasteiger partial charge is 0.417 e. The van der Waals surface area contributed by atoms with Gasteiger partial charge < -0.3 is 34.0 Å². The molecule has 0 radical (unpaired) electrons. The molecule has 0 saturated carbocycles. The van der Waals surface area contributed by atoms with Crippen LogP contribution >= 0.6 is 11.6 Å². The number of nitrogens with one attached hydrogen (secondary N) is 2. The van der Waals surface area contributed by atoms with Gasteiger partial charge in [0.25, 0.3) is 5.56 Å². The van der Waals surface area contributed by atoms with E-state index in [4.69, 9.17) is 25.8 Å². The van der Waals surface area contributed by atoms with Gasteiger partial charge in [0.15, 0.2) is 11.4 Å². The maximum atomic E-state index is 13.3. The molecule has 0 bridgehead atoms. The van der Waals surface area contributed by atoms with Crippen molar-refractivity contribution < 1.29 is 37.0 Å². The highest BCUT2D eigenvalue weighted by atomic mass is 35.5. The quantitative estimate of drug-likeness (QED) is 0.231. The third-order valence-electron chi connectivity index (χ3n) is 6.34. The molecule has 18 heteroatoms. The highest BCUT2D eigenvalue weighted by Gasteiger charge is 2.32. The minimum Gasteiger partial charge on any atom is -0.454 e. The zero-order valence-electron chi connectivity index (χ0n) is 26.2. The van der Waals surface area contributed by atoms with Gasteiger partial charge in [-0.05, 0) is 32.9 Å². The number of anilines is 3. The van der Waals surface area contributed by atoms with E-state index in [1.54, 1.807) is 20.8 Å². The predicted molar refractivity (Wildman–Crippen MR) is 166 cm³/mol. The number of methoxy groups -OCH3 is 1. The number of fused-ring (bicyclic) bond motifs is 1. The van der Waals surface area contributed by atoms with Gasteiger partial charge in [0.1, 0.15) is 39.9 Å². The number of aromatic nitrogens is 5. The summed E-state index contributed by atoms with van der Waals surface area (Å²) in [7, 11) is 4.20. The van der Waals surface area contributed by atoms with Gasteiger partial charge in [0.2, 0.25) is 11.9 Å². The molecule has 47 heavy (non-hydrogen) atoms. The molecule has 4 aromatic rings. The minimum atomic E-state index is -4.68. The lowest BCUT2D eigenvalue weighted by atomic mass is 10.2. The number of aryl methyl sites for hydroxylation is 2. The third kappa shape index (κ3) is 8.68. The Balaban J connectivity index is 1.52. The number of nitrogens with zero attached hydrogens (tertiary/aromatic N) is 6. The zero-order chi connectivity index (χ0) is 34.7. The molecule has 14 nitrogen and oxygen atoms in total. The third-order valence-corrected chi connectivity index (χ3v) is 6.71. The normalized spacial score (nSPS) is 11.8. The van der Waals surface area contributed by atoms with Gasteiger partial charge in [0, 0.05) is 46.2 Å². The van der Waals surface area contributed by atoms with E-state index in [2.05, 4.69) is 25.6 Å². The summed E-state index contributed by atoms with van der Waals surface area (Å²) >= 11 is 6.64. The van der Waals surface area contributed by atoms with Crippen LogP contribution in [0.15, 0.2) is 41.6 Å². The first kappa shape index (κ1) is 35.0. The van der Waals surface area contributed by atoms with Crippen molar-refractivity contribution in [1.29, 1.82) is 0 Å². The molecule has 4 rings (SSSR count). The lowest BCUT2D eigenvalue weighted by Crippen LogP contribution is -2.42. The molecule has 0 aromatic carbocycles. The van der Waals surface area contributed by atoms with E-state index in [1.807, 2.05) is 0 Å². The Kier molecular flexibility index (Phi) is 10.3. The van der Waals surface area contributed by atoms with Crippen molar-refractivity contribution in [1.82, 2.24) is 29.0 Å². The first-order chi connectivity index (χ1) is 22.0. The summed E-state index contributed by atoms with van der Waals surface area (Å²) in [6.45, 7) is 5.10. The van der Waals surface area contributed by atoms with Crippen LogP contribution in [0.4, 0.5) is 35.4 Å². The molecule has 0 aliphatic carbocycles. The topological polar surface area (TPSA) is 155 Å². The summed E-state index contributed by atoms with van der Waals surface area (Å²) in [6.07, 6.45) is -1.99. The molecule has 0 saturated heterocycles. The number of carbonyl (C=O) groups is 2. The lowest BCUT2D eigenvalue weighted by molar-refractivity contribution is -0.138. The molecular formula is C29H32ClF3N8O6. The van der Waals surface area contributed by atoms with E-state index >= 15 is 0 Å². The molecule has 2 amide bonds. The van der Waals surface area contributed by atoms with E-state index < -0.39 is 34.9 Å². The summed E-state index contributed by atoms with van der Waals surface area (Å²) in [6, 6.07) is 3.62. The van der Waals surface area contributed by atoms with Crippen LogP contribution < -0.4 is 20.9 Å². The Morgan fingerprint density at radius 1 is 1.13 bits per heavy atom. The van der Waals surface area contributed by atoms with Crippen LogP contribution in [0.3, 0.4) is 0 Å². The van der Waals surface area contributed by atoms with E-state index in [1.165, 1.54) is 55.2 Å². The van der Waals surface area contributed by atoms with E-state index in [9.17, 15) is 27.6 Å². The van der Waals surface area contributed by atoms with Crippen LogP contribution in [0.5, 0.6) is 11.5 Å². The average molecular weight is 681 g/mol. The Bertz CT molecular complexity index is 1850. The Labute approximate surface area is 271 Å². The van der Waals surface area contributed by atoms with Gasteiger partial charge in [-0.3, -0.25) is 14.5 Å². The van der Waals surface area contributed by atoms with Crippen LogP contribution in [0.2, 0.25) is 5.02 Å². The number of pyridine rings is 3. The van der Waals surface area contributed by atoms with Crippen molar-refractivity contribution in [3.8, 4) is 11.5 Å². The lowest BCUT2D eigenvalue weighted by Gasteiger charge is -2.26. The average Bonchev–Trinajstić information content (AvgIpc) is 3.28. The van der Waals surface area contributed by atoms with Gasteiger partial charge >= 0.3 is 12.3 Å². The van der Waals surface area contributed by atoms with Gasteiger partial charge in [-0.25, -0.2) is 14.8 Å². The predicted octanol–water partition coefficient (Wildman–Crippen LogP) is 5.09. The zero-order valence-corrected chi connectivity index (χ0v) is 27.0. The van der Waals surface area contributed by atoms with Crippen molar-refractivity contribution in [2.75, 3.05) is 37.4 Å². The fraction of sp³-hybridized carbons (Fsp3) is 0.379. The first-order valence-electron chi connectivity index (χ1n) is 13.9. The van der Waals surface area contributed by atoms with Gasteiger partial charge in [-0.15, -0.1) is 0 Å². The number of imidazole rings is 1. The second-order valence-electron chi connectivity index (χ2n) is 11.2. The molecule has 0 unspecified atom stereocenters.